The summed E-state index contributed by atoms with van der Waals surface area (Å²) in [5.41, 5.74) is 1.23. The zero-order chi connectivity index (χ0) is 17.8. The normalized spacial score (nSPS) is 21.0. The maximum Gasteiger partial charge on any atom is 0.222 e. The molecule has 0 radical (unpaired) electrons. The van der Waals surface area contributed by atoms with Crippen molar-refractivity contribution >= 4 is 5.91 Å². The Morgan fingerprint density at radius 2 is 1.80 bits per heavy atom. The SMILES string of the molecule is Cc1ccc(OC2CN(C(=O)CC[C@@H](C)N3CCN(C)CC3)C2)cc1. The number of amides is 1. The topological polar surface area (TPSA) is 36.0 Å². The van der Waals surface area contributed by atoms with Gasteiger partial charge in [0.1, 0.15) is 11.9 Å². The molecule has 0 saturated carbocycles. The first-order valence-electron chi connectivity index (χ1n) is 9.45. The number of carbonyl (C=O) groups excluding carboxylic acids is 1. The Bertz CT molecular complexity index is 561. The molecule has 2 heterocycles. The average Bonchev–Trinajstić information content (AvgIpc) is 2.57. The molecule has 2 saturated heterocycles. The zero-order valence-electron chi connectivity index (χ0n) is 15.8. The van der Waals surface area contributed by atoms with Crippen LogP contribution in [-0.2, 0) is 4.79 Å². The number of aryl methyl sites for hydroxylation is 1. The highest BCUT2D eigenvalue weighted by Gasteiger charge is 2.32. The molecule has 1 atom stereocenters. The minimum atomic E-state index is 0.140. The molecular weight excluding hydrogens is 314 g/mol. The fourth-order valence-corrected chi connectivity index (χ4v) is 3.46. The molecule has 1 aromatic rings. The van der Waals surface area contributed by atoms with Crippen LogP contribution in [0.25, 0.3) is 0 Å². The Labute approximate surface area is 151 Å². The molecule has 25 heavy (non-hydrogen) atoms. The highest BCUT2D eigenvalue weighted by molar-refractivity contribution is 5.77. The molecule has 0 aliphatic carbocycles. The van der Waals surface area contributed by atoms with Crippen molar-refractivity contribution in [1.29, 1.82) is 0 Å². The van der Waals surface area contributed by atoms with Crippen LogP contribution in [0.1, 0.15) is 25.3 Å². The van der Waals surface area contributed by atoms with Gasteiger partial charge in [-0.1, -0.05) is 17.7 Å². The van der Waals surface area contributed by atoms with Crippen LogP contribution in [0.4, 0.5) is 0 Å². The van der Waals surface area contributed by atoms with Crippen molar-refractivity contribution in [3.63, 3.8) is 0 Å². The number of likely N-dealkylation sites (tertiary alicyclic amines) is 1. The molecule has 2 aliphatic heterocycles. The molecule has 2 aliphatic rings. The van der Waals surface area contributed by atoms with Gasteiger partial charge in [0.2, 0.25) is 5.91 Å². The molecule has 1 amide bonds. The second-order valence-electron chi connectivity index (χ2n) is 7.58. The Hall–Kier alpha value is -1.59. The molecule has 138 valence electrons. The number of hydrogen-bond donors (Lipinski definition) is 0. The van der Waals surface area contributed by atoms with Gasteiger partial charge in [0, 0.05) is 38.6 Å². The maximum absolute atomic E-state index is 12.4. The van der Waals surface area contributed by atoms with Gasteiger partial charge in [0.25, 0.3) is 0 Å². The summed E-state index contributed by atoms with van der Waals surface area (Å²) in [6, 6.07) is 8.58. The van der Waals surface area contributed by atoms with E-state index in [9.17, 15) is 4.79 Å². The second-order valence-corrected chi connectivity index (χ2v) is 7.58. The lowest BCUT2D eigenvalue weighted by Gasteiger charge is -2.40. The molecule has 5 heteroatoms. The molecule has 0 aromatic heterocycles. The van der Waals surface area contributed by atoms with Crippen molar-refractivity contribution in [2.45, 2.75) is 38.8 Å². The van der Waals surface area contributed by atoms with E-state index in [2.05, 4.69) is 42.8 Å². The smallest absolute Gasteiger partial charge is 0.222 e. The molecular formula is C20H31N3O2. The van der Waals surface area contributed by atoms with E-state index in [1.54, 1.807) is 0 Å². The highest BCUT2D eigenvalue weighted by atomic mass is 16.5. The van der Waals surface area contributed by atoms with Gasteiger partial charge in [0.15, 0.2) is 0 Å². The number of rotatable bonds is 6. The van der Waals surface area contributed by atoms with Crippen LogP contribution in [0.5, 0.6) is 5.75 Å². The van der Waals surface area contributed by atoms with Gasteiger partial charge in [0.05, 0.1) is 13.1 Å². The van der Waals surface area contributed by atoms with Gasteiger partial charge in [-0.3, -0.25) is 9.69 Å². The third-order valence-electron chi connectivity index (χ3n) is 5.46. The van der Waals surface area contributed by atoms with Crippen LogP contribution in [0.2, 0.25) is 0 Å². The number of nitrogens with zero attached hydrogens (tertiary/aromatic N) is 3. The maximum atomic E-state index is 12.4. The Morgan fingerprint density at radius 3 is 2.44 bits per heavy atom. The van der Waals surface area contributed by atoms with E-state index < -0.39 is 0 Å². The van der Waals surface area contributed by atoms with Crippen LogP contribution in [0, 0.1) is 6.92 Å². The van der Waals surface area contributed by atoms with Crippen molar-refractivity contribution in [3.05, 3.63) is 29.8 Å². The zero-order valence-corrected chi connectivity index (χ0v) is 15.8. The minimum absolute atomic E-state index is 0.140. The lowest BCUT2D eigenvalue weighted by molar-refractivity contribution is -0.140. The fourth-order valence-electron chi connectivity index (χ4n) is 3.46. The van der Waals surface area contributed by atoms with E-state index in [-0.39, 0.29) is 12.0 Å². The van der Waals surface area contributed by atoms with E-state index in [4.69, 9.17) is 4.74 Å². The number of piperazine rings is 1. The van der Waals surface area contributed by atoms with Crippen molar-refractivity contribution < 1.29 is 9.53 Å². The Kier molecular flexibility index (Phi) is 5.97. The largest absolute Gasteiger partial charge is 0.487 e. The number of hydrogen-bond acceptors (Lipinski definition) is 4. The monoisotopic (exact) mass is 345 g/mol. The standard InChI is InChI=1S/C20H31N3O2/c1-16-4-7-18(8-5-16)25-19-14-23(15-19)20(24)9-6-17(2)22-12-10-21(3)11-13-22/h4-5,7-8,17,19H,6,9-15H2,1-3H3/t17-/m1/s1. The lowest BCUT2D eigenvalue weighted by atomic mass is 10.1. The molecule has 1 aromatic carbocycles. The highest BCUT2D eigenvalue weighted by Crippen LogP contribution is 2.20. The quantitative estimate of drug-likeness (QED) is 0.790. The predicted molar refractivity (Wildman–Crippen MR) is 99.9 cm³/mol. The van der Waals surface area contributed by atoms with Crippen molar-refractivity contribution in [2.24, 2.45) is 0 Å². The summed E-state index contributed by atoms with van der Waals surface area (Å²) in [4.78, 5) is 19.1. The molecule has 0 unspecified atom stereocenters. The summed E-state index contributed by atoms with van der Waals surface area (Å²) in [7, 11) is 2.17. The van der Waals surface area contributed by atoms with Gasteiger partial charge >= 0.3 is 0 Å². The Morgan fingerprint density at radius 1 is 1.16 bits per heavy atom. The first-order valence-corrected chi connectivity index (χ1v) is 9.45. The summed E-state index contributed by atoms with van der Waals surface area (Å²) < 4.78 is 5.91. The Balaban J connectivity index is 1.34. The first kappa shape index (κ1) is 18.2. The third-order valence-corrected chi connectivity index (χ3v) is 5.46. The second kappa shape index (κ2) is 8.19. The summed E-state index contributed by atoms with van der Waals surface area (Å²) in [5.74, 6) is 1.16. The third kappa shape index (κ3) is 4.95. The molecule has 0 N–H and O–H groups in total. The molecule has 0 spiro atoms. The van der Waals surface area contributed by atoms with Gasteiger partial charge < -0.3 is 14.5 Å². The van der Waals surface area contributed by atoms with E-state index in [0.29, 0.717) is 12.5 Å². The molecule has 3 rings (SSSR count). The molecule has 2 fully saturated rings. The van der Waals surface area contributed by atoms with Crippen LogP contribution in [-0.4, -0.2) is 79.1 Å². The van der Waals surface area contributed by atoms with Crippen LogP contribution in [0.15, 0.2) is 24.3 Å². The predicted octanol–water partition coefficient (Wildman–Crippen LogP) is 2.00. The molecule has 0 bridgehead atoms. The van der Waals surface area contributed by atoms with Crippen molar-refractivity contribution in [2.75, 3.05) is 46.3 Å². The summed E-state index contributed by atoms with van der Waals surface area (Å²) >= 11 is 0. The van der Waals surface area contributed by atoms with E-state index in [1.807, 2.05) is 17.0 Å². The lowest BCUT2D eigenvalue weighted by Crippen LogP contribution is -2.56. The number of likely N-dealkylation sites (N-methyl/N-ethyl adjacent to an activating group) is 1. The van der Waals surface area contributed by atoms with E-state index in [1.165, 1.54) is 5.56 Å². The fraction of sp³-hybridized carbons (Fsp3) is 0.650. The molecule has 5 nitrogen and oxygen atoms in total. The van der Waals surface area contributed by atoms with E-state index in [0.717, 1.165) is 51.4 Å². The van der Waals surface area contributed by atoms with Gasteiger partial charge in [-0.25, -0.2) is 0 Å². The van der Waals surface area contributed by atoms with Crippen LogP contribution in [0.3, 0.4) is 0 Å². The average molecular weight is 345 g/mol. The minimum Gasteiger partial charge on any atom is -0.487 e. The van der Waals surface area contributed by atoms with Crippen LogP contribution < -0.4 is 4.74 Å². The van der Waals surface area contributed by atoms with Crippen LogP contribution >= 0.6 is 0 Å². The van der Waals surface area contributed by atoms with Gasteiger partial charge in [-0.05, 0) is 39.4 Å². The summed E-state index contributed by atoms with van der Waals surface area (Å²) in [6.07, 6.45) is 1.73. The summed E-state index contributed by atoms with van der Waals surface area (Å²) in [5, 5.41) is 0. The first-order chi connectivity index (χ1) is 12.0. The van der Waals surface area contributed by atoms with E-state index >= 15 is 0 Å². The number of benzene rings is 1. The van der Waals surface area contributed by atoms with Gasteiger partial charge in [-0.2, -0.15) is 0 Å². The summed E-state index contributed by atoms with van der Waals surface area (Å²) in [6.45, 7) is 10.2. The van der Waals surface area contributed by atoms with Gasteiger partial charge in [-0.15, -0.1) is 0 Å². The number of carbonyl (C=O) groups is 1. The number of ether oxygens (including phenoxy) is 1. The van der Waals surface area contributed by atoms with Crippen molar-refractivity contribution in [3.8, 4) is 5.75 Å². The van der Waals surface area contributed by atoms with Crippen molar-refractivity contribution in [1.82, 2.24) is 14.7 Å².